The number of aromatic nitrogens is 1. The van der Waals surface area contributed by atoms with E-state index in [1.54, 1.807) is 6.20 Å². The molecule has 12 heteroatoms. The lowest BCUT2D eigenvalue weighted by atomic mass is 10.0. The van der Waals surface area contributed by atoms with Gasteiger partial charge in [0.25, 0.3) is 0 Å². The number of hydrogen-bond donors (Lipinski definition) is 6. The largest absolute Gasteiger partial charge is 0.481 e. The number of nitrogens with two attached hydrogens (primary N) is 1. The van der Waals surface area contributed by atoms with Crippen molar-refractivity contribution in [2.45, 2.75) is 70.1 Å². The van der Waals surface area contributed by atoms with E-state index in [0.29, 0.717) is 12.8 Å². The second-order valence-electron chi connectivity index (χ2n) is 10.0. The van der Waals surface area contributed by atoms with Crippen LogP contribution in [0.2, 0.25) is 0 Å². The molecule has 0 radical (unpaired) electrons. The molecule has 1 saturated heterocycles. The summed E-state index contributed by atoms with van der Waals surface area (Å²) in [6, 6.07) is 2.99. The summed E-state index contributed by atoms with van der Waals surface area (Å²) in [7, 11) is 0. The molecule has 12 nitrogen and oxygen atoms in total. The number of benzene rings is 1. The molecule has 0 bridgehead atoms. The fraction of sp³-hybridized carbons (Fsp3) is 0.500. The Balaban J connectivity index is 1.71. The van der Waals surface area contributed by atoms with Crippen LogP contribution in [-0.2, 0) is 30.4 Å². The molecule has 0 saturated carbocycles. The Morgan fingerprint density at radius 1 is 1.11 bits per heavy atom. The van der Waals surface area contributed by atoms with Crippen LogP contribution in [0.1, 0.15) is 45.1 Å². The van der Waals surface area contributed by atoms with Gasteiger partial charge in [0, 0.05) is 30.1 Å². The zero-order valence-electron chi connectivity index (χ0n) is 21.5. The molecule has 38 heavy (non-hydrogen) atoms. The topological polar surface area (TPSA) is 195 Å². The number of aliphatic carboxylic acids is 2. The number of aromatic amines is 1. The lowest BCUT2D eigenvalue weighted by Crippen LogP contribution is -2.57. The third-order valence-electron chi connectivity index (χ3n) is 6.60. The van der Waals surface area contributed by atoms with Crippen molar-refractivity contribution in [3.8, 4) is 0 Å². The minimum absolute atomic E-state index is 0.00625. The Labute approximate surface area is 219 Å². The average molecular weight is 530 g/mol. The van der Waals surface area contributed by atoms with E-state index in [1.807, 2.05) is 38.1 Å². The van der Waals surface area contributed by atoms with Crippen molar-refractivity contribution < 1.29 is 34.2 Å². The minimum Gasteiger partial charge on any atom is -0.481 e. The number of carboxylic acids is 2. The molecule has 4 atom stereocenters. The van der Waals surface area contributed by atoms with E-state index in [9.17, 15) is 29.1 Å². The smallest absolute Gasteiger partial charge is 0.326 e. The number of likely N-dealkylation sites (tertiary alicyclic amines) is 1. The number of hydrogen-bond acceptors (Lipinski definition) is 6. The molecule has 0 aliphatic carbocycles. The quantitative estimate of drug-likeness (QED) is 0.230. The van der Waals surface area contributed by atoms with Crippen LogP contribution in [0.5, 0.6) is 0 Å². The molecule has 1 aromatic carbocycles. The summed E-state index contributed by atoms with van der Waals surface area (Å²) in [6.07, 6.45) is 2.30. The summed E-state index contributed by atoms with van der Waals surface area (Å²) in [4.78, 5) is 66.4. The van der Waals surface area contributed by atoms with Crippen molar-refractivity contribution in [1.29, 1.82) is 0 Å². The Morgan fingerprint density at radius 2 is 1.82 bits per heavy atom. The number of amides is 3. The van der Waals surface area contributed by atoms with Gasteiger partial charge in [-0.3, -0.25) is 19.2 Å². The SMILES string of the molecule is CC(C)CC(NC(=O)C1CCCN1C(=O)C(N)CC(=O)O)C(=O)NC(Cc1c[nH]c2ccccc12)C(=O)O. The molecular formula is C26H35N5O7. The second-order valence-corrected chi connectivity index (χ2v) is 10.0. The van der Waals surface area contributed by atoms with Gasteiger partial charge in [-0.05, 0) is 36.8 Å². The summed E-state index contributed by atoms with van der Waals surface area (Å²) in [6.45, 7) is 3.98. The van der Waals surface area contributed by atoms with Gasteiger partial charge in [-0.2, -0.15) is 0 Å². The molecule has 0 spiro atoms. The van der Waals surface area contributed by atoms with E-state index in [-0.39, 0.29) is 25.3 Å². The van der Waals surface area contributed by atoms with Gasteiger partial charge in [-0.15, -0.1) is 0 Å². The highest BCUT2D eigenvalue weighted by molar-refractivity contribution is 5.95. The molecule has 3 amide bonds. The van der Waals surface area contributed by atoms with E-state index in [2.05, 4.69) is 15.6 Å². The predicted octanol–water partition coefficient (Wildman–Crippen LogP) is 0.604. The maximum Gasteiger partial charge on any atom is 0.326 e. The number of carbonyl (C=O) groups is 5. The fourth-order valence-corrected chi connectivity index (χ4v) is 4.76. The first kappa shape index (κ1) is 28.6. The molecule has 206 valence electrons. The van der Waals surface area contributed by atoms with Crippen molar-refractivity contribution in [2.75, 3.05) is 6.54 Å². The van der Waals surface area contributed by atoms with Gasteiger partial charge in [0.05, 0.1) is 12.5 Å². The van der Waals surface area contributed by atoms with Gasteiger partial charge < -0.3 is 36.5 Å². The van der Waals surface area contributed by atoms with Gasteiger partial charge in [0.15, 0.2) is 0 Å². The van der Waals surface area contributed by atoms with Crippen LogP contribution in [0.15, 0.2) is 30.5 Å². The molecule has 3 rings (SSSR count). The van der Waals surface area contributed by atoms with E-state index in [4.69, 9.17) is 10.8 Å². The zero-order chi connectivity index (χ0) is 28.0. The summed E-state index contributed by atoms with van der Waals surface area (Å²) in [5.41, 5.74) is 7.30. The Bertz CT molecular complexity index is 1190. The minimum atomic E-state index is -1.28. The van der Waals surface area contributed by atoms with Crippen LogP contribution in [0.3, 0.4) is 0 Å². The number of nitrogens with zero attached hydrogens (tertiary/aromatic N) is 1. The number of carboxylic acid groups (broad SMARTS) is 2. The summed E-state index contributed by atoms with van der Waals surface area (Å²) >= 11 is 0. The van der Waals surface area contributed by atoms with Crippen molar-refractivity contribution in [3.63, 3.8) is 0 Å². The molecule has 1 aliphatic rings. The van der Waals surface area contributed by atoms with Crippen LogP contribution in [0.25, 0.3) is 10.9 Å². The van der Waals surface area contributed by atoms with Crippen LogP contribution >= 0.6 is 0 Å². The predicted molar refractivity (Wildman–Crippen MR) is 138 cm³/mol. The number of H-pyrrole nitrogens is 1. The monoisotopic (exact) mass is 529 g/mol. The number of carbonyl (C=O) groups excluding carboxylic acids is 3. The fourth-order valence-electron chi connectivity index (χ4n) is 4.76. The number of rotatable bonds is 12. The van der Waals surface area contributed by atoms with Crippen LogP contribution < -0.4 is 16.4 Å². The molecule has 4 unspecified atom stereocenters. The lowest BCUT2D eigenvalue weighted by molar-refractivity contribution is -0.144. The van der Waals surface area contributed by atoms with Gasteiger partial charge in [0.2, 0.25) is 17.7 Å². The van der Waals surface area contributed by atoms with Gasteiger partial charge in [-0.1, -0.05) is 32.0 Å². The van der Waals surface area contributed by atoms with Crippen molar-refractivity contribution >= 4 is 40.6 Å². The summed E-state index contributed by atoms with van der Waals surface area (Å²) < 4.78 is 0. The zero-order valence-corrected chi connectivity index (χ0v) is 21.5. The summed E-state index contributed by atoms with van der Waals surface area (Å²) in [5.74, 6) is -4.29. The van der Waals surface area contributed by atoms with E-state index in [1.165, 1.54) is 4.90 Å². The second kappa shape index (κ2) is 12.5. The maximum absolute atomic E-state index is 13.2. The Kier molecular flexibility index (Phi) is 9.45. The highest BCUT2D eigenvalue weighted by Crippen LogP contribution is 2.21. The average Bonchev–Trinajstić information content (AvgIpc) is 3.49. The van der Waals surface area contributed by atoms with Crippen LogP contribution in [-0.4, -0.2) is 80.5 Å². The summed E-state index contributed by atoms with van der Waals surface area (Å²) in [5, 5.41) is 24.9. The number of fused-ring (bicyclic) bond motifs is 1. The lowest BCUT2D eigenvalue weighted by Gasteiger charge is -2.29. The molecular weight excluding hydrogens is 494 g/mol. The van der Waals surface area contributed by atoms with Gasteiger partial charge in [-0.25, -0.2) is 4.79 Å². The Hall–Kier alpha value is -3.93. The Morgan fingerprint density at radius 3 is 2.47 bits per heavy atom. The van der Waals surface area contributed by atoms with Crippen molar-refractivity contribution in [2.24, 2.45) is 11.7 Å². The highest BCUT2D eigenvalue weighted by atomic mass is 16.4. The normalized spacial score (nSPS) is 17.7. The standard InChI is InChI=1S/C26H35N5O7/c1-14(2)10-19(29-24(35)21-8-5-9-31(21)25(36)17(27)12-22(32)33)23(34)30-20(26(37)38)11-15-13-28-18-7-4-3-6-16(15)18/h3-4,6-7,13-14,17,19-21,28H,5,8-12,27H2,1-2H3,(H,29,35)(H,30,34)(H,32,33)(H,37,38). The van der Waals surface area contributed by atoms with Gasteiger partial charge in [0.1, 0.15) is 18.1 Å². The molecule has 1 aromatic heterocycles. The van der Waals surface area contributed by atoms with Crippen LogP contribution in [0, 0.1) is 5.92 Å². The van der Waals surface area contributed by atoms with E-state index >= 15 is 0 Å². The maximum atomic E-state index is 13.2. The van der Waals surface area contributed by atoms with Crippen molar-refractivity contribution in [1.82, 2.24) is 20.5 Å². The first-order valence-corrected chi connectivity index (χ1v) is 12.6. The molecule has 7 N–H and O–H groups in total. The molecule has 1 aliphatic heterocycles. The number of para-hydroxylation sites is 1. The third kappa shape index (κ3) is 7.09. The molecule has 1 fully saturated rings. The first-order chi connectivity index (χ1) is 18.0. The van der Waals surface area contributed by atoms with Crippen molar-refractivity contribution in [3.05, 3.63) is 36.0 Å². The number of nitrogens with one attached hydrogen (secondary N) is 3. The third-order valence-corrected chi connectivity index (χ3v) is 6.60. The molecule has 2 aromatic rings. The van der Waals surface area contributed by atoms with Crippen LogP contribution in [0.4, 0.5) is 0 Å². The molecule has 2 heterocycles. The first-order valence-electron chi connectivity index (χ1n) is 12.6. The van der Waals surface area contributed by atoms with E-state index in [0.717, 1.165) is 16.5 Å². The highest BCUT2D eigenvalue weighted by Gasteiger charge is 2.38. The van der Waals surface area contributed by atoms with E-state index < -0.39 is 60.2 Å². The van der Waals surface area contributed by atoms with Gasteiger partial charge >= 0.3 is 11.9 Å².